The summed E-state index contributed by atoms with van der Waals surface area (Å²) in [6.45, 7) is 0. The first-order valence-electron chi connectivity index (χ1n) is 7.40. The summed E-state index contributed by atoms with van der Waals surface area (Å²) in [6.07, 6.45) is -3.91. The summed E-state index contributed by atoms with van der Waals surface area (Å²) in [4.78, 5) is 5.20. The third-order valence-electron chi connectivity index (χ3n) is 3.71. The molecule has 2 aromatic carbocycles. The minimum absolute atomic E-state index is 0.00315. The number of H-pyrrole nitrogens is 1. The van der Waals surface area contributed by atoms with Crippen LogP contribution in [0.2, 0.25) is 5.02 Å². The fourth-order valence-electron chi connectivity index (χ4n) is 2.49. The van der Waals surface area contributed by atoms with Gasteiger partial charge in [-0.2, -0.15) is 13.2 Å². The monoisotopic (exact) mass is 418 g/mol. The van der Waals surface area contributed by atoms with E-state index in [2.05, 4.69) is 9.97 Å². The highest BCUT2D eigenvalue weighted by Crippen LogP contribution is 2.36. The molecule has 1 N–H and O–H groups in total. The van der Waals surface area contributed by atoms with Gasteiger partial charge in [-0.05, 0) is 24.3 Å². The number of nitrogens with one attached hydrogen (secondary N) is 1. The van der Waals surface area contributed by atoms with Crippen LogP contribution in [0.25, 0.3) is 22.5 Å². The Balaban J connectivity index is 2.21. The van der Waals surface area contributed by atoms with Gasteiger partial charge in [0.1, 0.15) is 10.7 Å². The van der Waals surface area contributed by atoms with Gasteiger partial charge in [0.25, 0.3) is 0 Å². The number of aromatic amines is 1. The molecule has 0 saturated heterocycles. The highest BCUT2D eigenvalue weighted by molar-refractivity contribution is 7.90. The molecule has 0 aliphatic carbocycles. The lowest BCUT2D eigenvalue weighted by molar-refractivity contribution is -0.144. The molecule has 0 unspecified atom stereocenters. The van der Waals surface area contributed by atoms with Gasteiger partial charge < -0.3 is 4.98 Å². The predicted octanol–water partition coefficient (Wildman–Crippen LogP) is 4.96. The minimum atomic E-state index is -4.75. The molecule has 0 atom stereocenters. The van der Waals surface area contributed by atoms with E-state index in [-0.39, 0.29) is 17.0 Å². The van der Waals surface area contributed by atoms with Crippen LogP contribution >= 0.6 is 11.6 Å². The van der Waals surface area contributed by atoms with E-state index in [1.54, 1.807) is 0 Å². The molecule has 0 aliphatic rings. The summed E-state index contributed by atoms with van der Waals surface area (Å²) in [5, 5.41) is 0.388. The number of hydrogen-bond donors (Lipinski definition) is 1. The third-order valence-corrected chi connectivity index (χ3v) is 5.09. The van der Waals surface area contributed by atoms with Crippen LogP contribution < -0.4 is 0 Å². The quantitative estimate of drug-likeness (QED) is 0.611. The largest absolute Gasteiger partial charge is 0.449 e. The summed E-state index contributed by atoms with van der Waals surface area (Å²) in [5.41, 5.74) is 0.190. The Labute approximate surface area is 156 Å². The van der Waals surface area contributed by atoms with E-state index in [9.17, 15) is 26.0 Å². The van der Waals surface area contributed by atoms with E-state index in [4.69, 9.17) is 11.6 Å². The summed E-state index contributed by atoms with van der Waals surface area (Å²) < 4.78 is 76.6. The topological polar surface area (TPSA) is 62.8 Å². The first kappa shape index (κ1) is 19.4. The SMILES string of the molecule is CS(=O)(=O)c1ccc(-c2nc(C(F)(F)F)[nH]c2-c2ccc(Cl)cc2)cc1F. The van der Waals surface area contributed by atoms with Crippen molar-refractivity contribution in [2.24, 2.45) is 0 Å². The van der Waals surface area contributed by atoms with Crippen LogP contribution in [0.5, 0.6) is 0 Å². The van der Waals surface area contributed by atoms with Gasteiger partial charge in [-0.1, -0.05) is 29.8 Å². The zero-order valence-electron chi connectivity index (χ0n) is 13.6. The molecule has 0 spiro atoms. The van der Waals surface area contributed by atoms with Crippen molar-refractivity contribution in [1.82, 2.24) is 9.97 Å². The fraction of sp³-hybridized carbons (Fsp3) is 0.118. The first-order valence-corrected chi connectivity index (χ1v) is 9.67. The average Bonchev–Trinajstić information content (AvgIpc) is 2.99. The smallest absolute Gasteiger partial charge is 0.334 e. The number of imidazole rings is 1. The maximum atomic E-state index is 14.2. The van der Waals surface area contributed by atoms with Crippen molar-refractivity contribution in [3.05, 3.63) is 59.1 Å². The van der Waals surface area contributed by atoms with Crippen LogP contribution in [-0.4, -0.2) is 24.6 Å². The Bertz CT molecular complexity index is 1110. The van der Waals surface area contributed by atoms with Gasteiger partial charge in [-0.15, -0.1) is 0 Å². The zero-order chi connectivity index (χ0) is 20.0. The summed E-state index contributed by atoms with van der Waals surface area (Å²) in [6, 6.07) is 8.99. The lowest BCUT2D eigenvalue weighted by Crippen LogP contribution is -2.07. The van der Waals surface area contributed by atoms with Gasteiger partial charge in [0.05, 0.1) is 11.4 Å². The molecule has 0 fully saturated rings. The number of halogens is 5. The Hall–Kier alpha value is -2.39. The van der Waals surface area contributed by atoms with Crippen molar-refractivity contribution in [3.63, 3.8) is 0 Å². The van der Waals surface area contributed by atoms with Crippen LogP contribution in [0.3, 0.4) is 0 Å². The second-order valence-corrected chi connectivity index (χ2v) is 8.15. The van der Waals surface area contributed by atoms with Gasteiger partial charge in [-0.25, -0.2) is 17.8 Å². The number of hydrogen-bond acceptors (Lipinski definition) is 3. The van der Waals surface area contributed by atoms with E-state index in [0.29, 0.717) is 10.6 Å². The maximum Gasteiger partial charge on any atom is 0.449 e. The van der Waals surface area contributed by atoms with Crippen molar-refractivity contribution in [2.45, 2.75) is 11.1 Å². The van der Waals surface area contributed by atoms with Crippen molar-refractivity contribution in [2.75, 3.05) is 6.26 Å². The van der Waals surface area contributed by atoms with Crippen molar-refractivity contribution in [1.29, 1.82) is 0 Å². The molecule has 0 aliphatic heterocycles. The molecular weight excluding hydrogens is 408 g/mol. The maximum absolute atomic E-state index is 14.2. The van der Waals surface area contributed by atoms with E-state index >= 15 is 0 Å². The van der Waals surface area contributed by atoms with Gasteiger partial charge >= 0.3 is 6.18 Å². The molecule has 10 heteroatoms. The number of alkyl halides is 3. The van der Waals surface area contributed by atoms with Crippen LogP contribution in [0.15, 0.2) is 47.4 Å². The van der Waals surface area contributed by atoms with Gasteiger partial charge in [0.15, 0.2) is 9.84 Å². The standard InChI is InChI=1S/C17H11ClF4N2O2S/c1-27(25,26)13-7-4-10(8-12(13)19)15-14(9-2-5-11(18)6-3-9)23-16(24-15)17(20,21)22/h2-8H,1H3,(H,23,24). The van der Waals surface area contributed by atoms with E-state index in [1.807, 2.05) is 0 Å². The summed E-state index contributed by atoms with van der Waals surface area (Å²) in [7, 11) is -3.82. The van der Waals surface area contributed by atoms with Crippen LogP contribution in [0.1, 0.15) is 5.82 Å². The normalized spacial score (nSPS) is 12.4. The van der Waals surface area contributed by atoms with E-state index in [1.165, 1.54) is 30.3 Å². The van der Waals surface area contributed by atoms with Crippen LogP contribution in [0.4, 0.5) is 17.6 Å². The first-order chi connectivity index (χ1) is 12.5. The highest BCUT2D eigenvalue weighted by Gasteiger charge is 2.36. The number of rotatable bonds is 3. The number of aromatic nitrogens is 2. The molecule has 0 bridgehead atoms. The lowest BCUT2D eigenvalue weighted by atomic mass is 10.1. The lowest BCUT2D eigenvalue weighted by Gasteiger charge is -2.06. The number of nitrogens with zero attached hydrogens (tertiary/aromatic N) is 1. The molecule has 4 nitrogen and oxygen atoms in total. The van der Waals surface area contributed by atoms with Crippen molar-refractivity contribution >= 4 is 21.4 Å². The molecular formula is C17H11ClF4N2O2S. The summed E-state index contributed by atoms with van der Waals surface area (Å²) >= 11 is 5.80. The predicted molar refractivity (Wildman–Crippen MR) is 92.5 cm³/mol. The molecule has 3 rings (SSSR count). The van der Waals surface area contributed by atoms with Crippen LogP contribution in [0, 0.1) is 5.82 Å². The molecule has 0 saturated carbocycles. The second kappa shape index (κ2) is 6.65. The Morgan fingerprint density at radius 3 is 2.15 bits per heavy atom. The van der Waals surface area contributed by atoms with Crippen molar-refractivity contribution in [3.8, 4) is 22.5 Å². The van der Waals surface area contributed by atoms with Gasteiger partial charge in [0.2, 0.25) is 5.82 Å². The molecule has 0 radical (unpaired) electrons. The Morgan fingerprint density at radius 2 is 1.63 bits per heavy atom. The molecule has 1 aromatic heterocycles. The average molecular weight is 419 g/mol. The molecule has 27 heavy (non-hydrogen) atoms. The third kappa shape index (κ3) is 3.98. The van der Waals surface area contributed by atoms with Gasteiger partial charge in [-0.3, -0.25) is 0 Å². The number of sulfone groups is 1. The van der Waals surface area contributed by atoms with E-state index < -0.39 is 32.6 Å². The molecule has 3 aromatic rings. The highest BCUT2D eigenvalue weighted by atomic mass is 35.5. The van der Waals surface area contributed by atoms with Gasteiger partial charge in [0, 0.05) is 22.4 Å². The second-order valence-electron chi connectivity index (χ2n) is 5.73. The van der Waals surface area contributed by atoms with E-state index in [0.717, 1.165) is 18.4 Å². The van der Waals surface area contributed by atoms with Crippen LogP contribution in [-0.2, 0) is 16.0 Å². The molecule has 1 heterocycles. The summed E-state index contributed by atoms with van der Waals surface area (Å²) in [5.74, 6) is -2.33. The molecule has 0 amide bonds. The molecule has 142 valence electrons. The minimum Gasteiger partial charge on any atom is -0.334 e. The number of benzene rings is 2. The Kier molecular flexibility index (Phi) is 4.77. The zero-order valence-corrected chi connectivity index (χ0v) is 15.2. The fourth-order valence-corrected chi connectivity index (χ4v) is 3.35. The van der Waals surface area contributed by atoms with Crippen molar-refractivity contribution < 1.29 is 26.0 Å². The Morgan fingerprint density at radius 1 is 1.04 bits per heavy atom.